The third-order valence-electron chi connectivity index (χ3n) is 3.79. The van der Waals surface area contributed by atoms with Gasteiger partial charge in [0.1, 0.15) is 0 Å². The first-order valence-corrected chi connectivity index (χ1v) is 6.62. The van der Waals surface area contributed by atoms with Gasteiger partial charge in [0.25, 0.3) is 0 Å². The van der Waals surface area contributed by atoms with Crippen LogP contribution in [0.5, 0.6) is 0 Å². The molecule has 0 bridgehead atoms. The van der Waals surface area contributed by atoms with E-state index in [4.69, 9.17) is 4.74 Å². The molecule has 1 aliphatic heterocycles. The number of hydrogen-bond donors (Lipinski definition) is 1. The summed E-state index contributed by atoms with van der Waals surface area (Å²) in [6.45, 7) is 8.22. The van der Waals surface area contributed by atoms with Crippen LogP contribution in [0, 0.1) is 6.92 Å². The van der Waals surface area contributed by atoms with Gasteiger partial charge in [-0.05, 0) is 31.9 Å². The van der Waals surface area contributed by atoms with Gasteiger partial charge >= 0.3 is 0 Å². The molecule has 0 aliphatic carbocycles. The SMILES string of the molecule is CCNCC1(c2cccc(C)c2)CCOCC1. The van der Waals surface area contributed by atoms with Crippen LogP contribution in [0.1, 0.15) is 30.9 Å². The smallest absolute Gasteiger partial charge is 0.0475 e. The van der Waals surface area contributed by atoms with Gasteiger partial charge in [-0.1, -0.05) is 36.8 Å². The fourth-order valence-electron chi connectivity index (χ4n) is 2.67. The minimum Gasteiger partial charge on any atom is -0.381 e. The molecule has 1 heterocycles. The van der Waals surface area contributed by atoms with Crippen molar-refractivity contribution in [2.75, 3.05) is 26.3 Å². The van der Waals surface area contributed by atoms with Crippen LogP contribution in [-0.4, -0.2) is 26.3 Å². The summed E-state index contributed by atoms with van der Waals surface area (Å²) in [5.41, 5.74) is 3.10. The zero-order valence-electron chi connectivity index (χ0n) is 11.0. The lowest BCUT2D eigenvalue weighted by Crippen LogP contribution is -2.42. The van der Waals surface area contributed by atoms with Crippen LogP contribution in [0.15, 0.2) is 24.3 Å². The van der Waals surface area contributed by atoms with E-state index in [-0.39, 0.29) is 5.41 Å². The molecule has 94 valence electrons. The summed E-state index contributed by atoms with van der Waals surface area (Å²) in [6.07, 6.45) is 2.26. The summed E-state index contributed by atoms with van der Waals surface area (Å²) in [7, 11) is 0. The Balaban J connectivity index is 2.25. The molecule has 1 aromatic rings. The van der Waals surface area contributed by atoms with Crippen molar-refractivity contribution in [2.24, 2.45) is 0 Å². The monoisotopic (exact) mass is 233 g/mol. The average molecular weight is 233 g/mol. The zero-order chi connectivity index (χ0) is 12.1. The van der Waals surface area contributed by atoms with E-state index in [2.05, 4.69) is 43.4 Å². The summed E-state index contributed by atoms with van der Waals surface area (Å²) < 4.78 is 5.53. The lowest BCUT2D eigenvalue weighted by molar-refractivity contribution is 0.0500. The fourth-order valence-corrected chi connectivity index (χ4v) is 2.67. The quantitative estimate of drug-likeness (QED) is 0.863. The van der Waals surface area contributed by atoms with Gasteiger partial charge in [0.15, 0.2) is 0 Å². The molecule has 0 aromatic heterocycles. The lowest BCUT2D eigenvalue weighted by Gasteiger charge is -2.38. The van der Waals surface area contributed by atoms with Crippen molar-refractivity contribution in [3.8, 4) is 0 Å². The van der Waals surface area contributed by atoms with Crippen molar-refractivity contribution in [2.45, 2.75) is 32.1 Å². The van der Waals surface area contributed by atoms with Gasteiger partial charge in [-0.2, -0.15) is 0 Å². The fraction of sp³-hybridized carbons (Fsp3) is 0.600. The van der Waals surface area contributed by atoms with Gasteiger partial charge in [-0.15, -0.1) is 0 Å². The standard InChI is InChI=1S/C15H23NO/c1-3-16-12-15(7-9-17-10-8-15)14-6-4-5-13(2)11-14/h4-6,11,16H,3,7-10,12H2,1-2H3. The number of nitrogens with one attached hydrogen (secondary N) is 1. The van der Waals surface area contributed by atoms with Gasteiger partial charge < -0.3 is 10.1 Å². The van der Waals surface area contributed by atoms with Gasteiger partial charge in [0.2, 0.25) is 0 Å². The van der Waals surface area contributed by atoms with E-state index in [0.29, 0.717) is 0 Å². The topological polar surface area (TPSA) is 21.3 Å². The summed E-state index contributed by atoms with van der Waals surface area (Å²) in [5, 5.41) is 3.52. The maximum Gasteiger partial charge on any atom is 0.0475 e. The summed E-state index contributed by atoms with van der Waals surface area (Å²) in [5.74, 6) is 0. The van der Waals surface area contributed by atoms with E-state index in [1.54, 1.807) is 0 Å². The second-order valence-corrected chi connectivity index (χ2v) is 5.04. The predicted octanol–water partition coefficient (Wildman–Crippen LogP) is 2.65. The molecule has 0 amide bonds. The van der Waals surface area contributed by atoms with E-state index in [1.807, 2.05) is 0 Å². The van der Waals surface area contributed by atoms with Gasteiger partial charge in [0, 0.05) is 25.2 Å². The number of rotatable bonds is 4. The molecule has 1 aliphatic rings. The van der Waals surface area contributed by atoms with E-state index < -0.39 is 0 Å². The highest BCUT2D eigenvalue weighted by molar-refractivity contribution is 5.30. The first-order valence-electron chi connectivity index (χ1n) is 6.62. The molecule has 2 rings (SSSR count). The number of benzene rings is 1. The first kappa shape index (κ1) is 12.6. The number of likely N-dealkylation sites (N-methyl/N-ethyl adjacent to an activating group) is 1. The Labute approximate surface area is 104 Å². The largest absolute Gasteiger partial charge is 0.381 e. The van der Waals surface area contributed by atoms with Crippen molar-refractivity contribution in [3.05, 3.63) is 35.4 Å². The predicted molar refractivity (Wildman–Crippen MR) is 71.5 cm³/mol. The van der Waals surface area contributed by atoms with E-state index in [9.17, 15) is 0 Å². The van der Waals surface area contributed by atoms with Gasteiger partial charge in [-0.25, -0.2) is 0 Å². The van der Waals surface area contributed by atoms with Crippen LogP contribution in [-0.2, 0) is 10.2 Å². The molecule has 2 heteroatoms. The lowest BCUT2D eigenvalue weighted by atomic mass is 9.73. The normalized spacial score (nSPS) is 19.2. The van der Waals surface area contributed by atoms with Crippen molar-refractivity contribution < 1.29 is 4.74 Å². The molecule has 17 heavy (non-hydrogen) atoms. The highest BCUT2D eigenvalue weighted by Gasteiger charge is 2.33. The zero-order valence-corrected chi connectivity index (χ0v) is 11.0. The minimum atomic E-state index is 0.278. The average Bonchev–Trinajstić information content (AvgIpc) is 2.37. The Kier molecular flexibility index (Phi) is 4.19. The van der Waals surface area contributed by atoms with Crippen LogP contribution in [0.2, 0.25) is 0 Å². The van der Waals surface area contributed by atoms with E-state index in [0.717, 1.165) is 39.1 Å². The molecular weight excluding hydrogens is 210 g/mol. The molecule has 0 atom stereocenters. The van der Waals surface area contributed by atoms with E-state index >= 15 is 0 Å². The molecule has 0 radical (unpaired) electrons. The molecule has 2 nitrogen and oxygen atoms in total. The van der Waals surface area contributed by atoms with Crippen molar-refractivity contribution in [1.82, 2.24) is 5.32 Å². The Morgan fingerprint density at radius 1 is 1.29 bits per heavy atom. The number of ether oxygens (including phenoxy) is 1. The highest BCUT2D eigenvalue weighted by Crippen LogP contribution is 2.34. The van der Waals surface area contributed by atoms with Gasteiger partial charge in [0.05, 0.1) is 0 Å². The third kappa shape index (κ3) is 2.88. The second kappa shape index (κ2) is 5.65. The second-order valence-electron chi connectivity index (χ2n) is 5.04. The van der Waals surface area contributed by atoms with Crippen molar-refractivity contribution >= 4 is 0 Å². The summed E-state index contributed by atoms with van der Waals surface area (Å²) >= 11 is 0. The Morgan fingerprint density at radius 2 is 2.06 bits per heavy atom. The maximum absolute atomic E-state index is 5.53. The first-order chi connectivity index (χ1) is 8.27. The Bertz CT molecular complexity index is 356. The van der Waals surface area contributed by atoms with Crippen molar-refractivity contribution in [1.29, 1.82) is 0 Å². The molecule has 1 saturated heterocycles. The Morgan fingerprint density at radius 3 is 2.71 bits per heavy atom. The Hall–Kier alpha value is -0.860. The van der Waals surface area contributed by atoms with Crippen LogP contribution < -0.4 is 5.32 Å². The van der Waals surface area contributed by atoms with Crippen LogP contribution >= 0.6 is 0 Å². The third-order valence-corrected chi connectivity index (χ3v) is 3.79. The molecule has 1 N–H and O–H groups in total. The van der Waals surface area contributed by atoms with Gasteiger partial charge in [-0.3, -0.25) is 0 Å². The molecule has 0 unspecified atom stereocenters. The molecular formula is C15H23NO. The highest BCUT2D eigenvalue weighted by atomic mass is 16.5. The van der Waals surface area contributed by atoms with E-state index in [1.165, 1.54) is 11.1 Å². The molecule has 1 aromatic carbocycles. The van der Waals surface area contributed by atoms with Crippen molar-refractivity contribution in [3.63, 3.8) is 0 Å². The minimum absolute atomic E-state index is 0.278. The maximum atomic E-state index is 5.53. The number of aryl methyl sites for hydroxylation is 1. The van der Waals surface area contributed by atoms with Crippen LogP contribution in [0.3, 0.4) is 0 Å². The number of hydrogen-bond acceptors (Lipinski definition) is 2. The summed E-state index contributed by atoms with van der Waals surface area (Å²) in [6, 6.07) is 8.95. The van der Waals surface area contributed by atoms with Crippen LogP contribution in [0.25, 0.3) is 0 Å². The molecule has 0 saturated carbocycles. The molecule has 0 spiro atoms. The summed E-state index contributed by atoms with van der Waals surface area (Å²) in [4.78, 5) is 0. The van der Waals surface area contributed by atoms with Crippen LogP contribution in [0.4, 0.5) is 0 Å². The molecule has 1 fully saturated rings.